The van der Waals surface area contributed by atoms with Gasteiger partial charge in [-0.15, -0.1) is 0 Å². The van der Waals surface area contributed by atoms with E-state index in [0.717, 1.165) is 11.3 Å². The van der Waals surface area contributed by atoms with E-state index in [1.807, 2.05) is 0 Å². The summed E-state index contributed by atoms with van der Waals surface area (Å²) < 4.78 is 12.3. The molecule has 0 radical (unpaired) electrons. The second-order valence-electron chi connectivity index (χ2n) is 10.1. The van der Waals surface area contributed by atoms with Crippen LogP contribution in [0.15, 0.2) is 60.9 Å². The molecule has 1 unspecified atom stereocenters. The molecule has 1 atom stereocenters. The van der Waals surface area contributed by atoms with Gasteiger partial charge in [-0.05, 0) is 68.3 Å². The Morgan fingerprint density at radius 1 is 1.11 bits per heavy atom. The van der Waals surface area contributed by atoms with Gasteiger partial charge in [0.1, 0.15) is 11.4 Å². The van der Waals surface area contributed by atoms with Crippen molar-refractivity contribution in [3.8, 4) is 11.4 Å². The number of aromatic nitrogens is 2. The van der Waals surface area contributed by atoms with Gasteiger partial charge in [0.15, 0.2) is 5.54 Å². The van der Waals surface area contributed by atoms with E-state index in [1.165, 1.54) is 12.0 Å². The number of carbonyl (C=O) groups excluding carboxylic acids is 4. The molecule has 2 aliphatic heterocycles. The van der Waals surface area contributed by atoms with Crippen molar-refractivity contribution in [3.05, 3.63) is 77.6 Å². The maximum Gasteiger partial charge on any atom is 0.425 e. The van der Waals surface area contributed by atoms with Gasteiger partial charge in [0.25, 0.3) is 11.8 Å². The van der Waals surface area contributed by atoms with Crippen LogP contribution in [0.2, 0.25) is 0 Å². The first-order valence-electron chi connectivity index (χ1n) is 12.0. The van der Waals surface area contributed by atoms with Gasteiger partial charge in [-0.3, -0.25) is 9.59 Å². The molecule has 0 aliphatic carbocycles. The van der Waals surface area contributed by atoms with Crippen molar-refractivity contribution in [3.63, 3.8) is 0 Å². The number of urea groups is 1. The van der Waals surface area contributed by atoms with Crippen molar-refractivity contribution in [2.45, 2.75) is 38.5 Å². The lowest BCUT2D eigenvalue weighted by Crippen LogP contribution is -2.53. The average molecular weight is 518 g/mol. The summed E-state index contributed by atoms with van der Waals surface area (Å²) in [6.07, 6.45) is 2.32. The number of rotatable bonds is 5. The molecule has 0 spiro atoms. The molecular formula is C27H27N5O6. The van der Waals surface area contributed by atoms with Crippen molar-refractivity contribution in [1.29, 1.82) is 0 Å². The number of nitrogens with zero attached hydrogens (tertiary/aromatic N) is 4. The minimum Gasteiger partial charge on any atom is -0.497 e. The molecule has 5 rings (SSSR count). The van der Waals surface area contributed by atoms with Gasteiger partial charge in [0.2, 0.25) is 0 Å². The molecule has 5 amide bonds. The van der Waals surface area contributed by atoms with Crippen LogP contribution < -0.4 is 10.1 Å². The van der Waals surface area contributed by atoms with Crippen LogP contribution in [0.3, 0.4) is 0 Å². The Hall–Kier alpha value is -4.67. The molecular weight excluding hydrogens is 490 g/mol. The highest BCUT2D eigenvalue weighted by Crippen LogP contribution is 2.35. The fourth-order valence-electron chi connectivity index (χ4n) is 4.66. The molecule has 196 valence electrons. The Morgan fingerprint density at radius 2 is 1.84 bits per heavy atom. The molecule has 0 bridgehead atoms. The predicted octanol–water partition coefficient (Wildman–Crippen LogP) is 3.22. The van der Waals surface area contributed by atoms with Gasteiger partial charge >= 0.3 is 12.1 Å². The molecule has 2 aliphatic rings. The minimum atomic E-state index is -1.72. The van der Waals surface area contributed by atoms with Crippen molar-refractivity contribution < 1.29 is 28.7 Å². The maximum absolute atomic E-state index is 13.9. The number of fused-ring (bicyclic) bond motifs is 1. The van der Waals surface area contributed by atoms with Crippen LogP contribution in [-0.2, 0) is 21.6 Å². The van der Waals surface area contributed by atoms with Crippen LogP contribution in [0.1, 0.15) is 42.3 Å². The van der Waals surface area contributed by atoms with Crippen molar-refractivity contribution >= 4 is 23.9 Å². The molecule has 2 aromatic carbocycles. The van der Waals surface area contributed by atoms with Gasteiger partial charge in [0, 0.05) is 24.5 Å². The van der Waals surface area contributed by atoms with Gasteiger partial charge < -0.3 is 19.7 Å². The van der Waals surface area contributed by atoms with Gasteiger partial charge in [-0.2, -0.15) is 10.00 Å². The maximum atomic E-state index is 13.9. The zero-order valence-electron chi connectivity index (χ0n) is 21.4. The number of nitrogens with one attached hydrogen (secondary N) is 1. The highest BCUT2D eigenvalue weighted by Gasteiger charge is 2.57. The third-order valence-corrected chi connectivity index (χ3v) is 6.42. The number of methoxy groups -OCH3 is 1. The summed E-state index contributed by atoms with van der Waals surface area (Å²) >= 11 is 0. The number of hydrogen-bond donors (Lipinski definition) is 1. The molecule has 38 heavy (non-hydrogen) atoms. The molecule has 3 aromatic rings. The van der Waals surface area contributed by atoms with Crippen LogP contribution in [0.5, 0.6) is 5.75 Å². The summed E-state index contributed by atoms with van der Waals surface area (Å²) in [6, 6.07) is 12.8. The van der Waals surface area contributed by atoms with E-state index in [1.54, 1.807) is 86.4 Å². The number of amides is 5. The standard InChI is InChI=1S/C27H27N5O6/c1-26(2,3)38-25(36)32-23(34)27(29-24(32)35,18-6-8-19(9-7-18)31-13-5-12-28-31)16-30-15-17-14-20(37-4)10-11-21(17)22(30)33/h5-14H,15-16H2,1-4H3,(H,29,35). The summed E-state index contributed by atoms with van der Waals surface area (Å²) in [7, 11) is 1.54. The Balaban J connectivity index is 1.53. The van der Waals surface area contributed by atoms with Crippen molar-refractivity contribution in [2.24, 2.45) is 0 Å². The first-order chi connectivity index (χ1) is 18.0. The molecule has 11 heteroatoms. The van der Waals surface area contributed by atoms with E-state index in [-0.39, 0.29) is 19.0 Å². The fourth-order valence-corrected chi connectivity index (χ4v) is 4.66. The molecule has 11 nitrogen and oxygen atoms in total. The van der Waals surface area contributed by atoms with E-state index in [2.05, 4.69) is 10.4 Å². The molecule has 1 aromatic heterocycles. The monoisotopic (exact) mass is 517 g/mol. The van der Waals surface area contributed by atoms with E-state index in [9.17, 15) is 19.2 Å². The summed E-state index contributed by atoms with van der Waals surface area (Å²) in [6.45, 7) is 4.92. The summed E-state index contributed by atoms with van der Waals surface area (Å²) in [5.74, 6) is -0.526. The van der Waals surface area contributed by atoms with Crippen LogP contribution in [0.25, 0.3) is 5.69 Å². The normalized spacial score (nSPS) is 19.0. The highest BCUT2D eigenvalue weighted by atomic mass is 16.6. The Labute approximate surface area is 218 Å². The van der Waals surface area contributed by atoms with Crippen molar-refractivity contribution in [2.75, 3.05) is 13.7 Å². The zero-order valence-corrected chi connectivity index (χ0v) is 21.4. The average Bonchev–Trinajstić information content (AvgIpc) is 3.56. The lowest BCUT2D eigenvalue weighted by Gasteiger charge is -2.32. The van der Waals surface area contributed by atoms with E-state index >= 15 is 0 Å². The number of carbonyl (C=O) groups is 4. The molecule has 3 heterocycles. The second-order valence-corrected chi connectivity index (χ2v) is 10.1. The smallest absolute Gasteiger partial charge is 0.425 e. The first-order valence-corrected chi connectivity index (χ1v) is 12.0. The summed E-state index contributed by atoms with van der Waals surface area (Å²) in [4.78, 5) is 55.1. The third-order valence-electron chi connectivity index (χ3n) is 6.42. The largest absolute Gasteiger partial charge is 0.497 e. The van der Waals surface area contributed by atoms with E-state index in [0.29, 0.717) is 21.8 Å². The number of ether oxygens (including phenoxy) is 2. The van der Waals surface area contributed by atoms with Crippen LogP contribution >= 0.6 is 0 Å². The zero-order chi connectivity index (χ0) is 27.2. The fraction of sp³-hybridized carbons (Fsp3) is 0.296. The number of hydrogen-bond acceptors (Lipinski definition) is 7. The lowest BCUT2D eigenvalue weighted by molar-refractivity contribution is -0.131. The van der Waals surface area contributed by atoms with Crippen LogP contribution in [0, 0.1) is 0 Å². The number of benzene rings is 2. The molecule has 0 saturated carbocycles. The lowest BCUT2D eigenvalue weighted by atomic mass is 9.88. The van der Waals surface area contributed by atoms with Crippen LogP contribution in [0.4, 0.5) is 9.59 Å². The SMILES string of the molecule is COc1ccc2c(c1)CN(CC1(c3ccc(-n4cccn4)cc3)NC(=O)N(C(=O)OC(C)(C)C)C1=O)C2=O. The number of imide groups is 3. The molecule has 1 fully saturated rings. The topological polar surface area (TPSA) is 123 Å². The summed E-state index contributed by atoms with van der Waals surface area (Å²) in [5, 5.41) is 6.90. The van der Waals surface area contributed by atoms with Crippen molar-refractivity contribution in [1.82, 2.24) is 24.9 Å². The minimum absolute atomic E-state index is 0.201. The predicted molar refractivity (Wildman–Crippen MR) is 135 cm³/mol. The van der Waals surface area contributed by atoms with Gasteiger partial charge in [-0.25, -0.2) is 14.3 Å². The van der Waals surface area contributed by atoms with Gasteiger partial charge in [-0.1, -0.05) is 12.1 Å². The first kappa shape index (κ1) is 25.0. The Bertz CT molecular complexity index is 1430. The Morgan fingerprint density at radius 3 is 2.47 bits per heavy atom. The second kappa shape index (κ2) is 9.02. The van der Waals surface area contributed by atoms with Gasteiger partial charge in [0.05, 0.1) is 19.3 Å². The van der Waals surface area contributed by atoms with E-state index < -0.39 is 29.2 Å². The molecule has 1 N–H and O–H groups in total. The third kappa shape index (κ3) is 4.25. The highest BCUT2D eigenvalue weighted by molar-refractivity contribution is 6.17. The molecule has 1 saturated heterocycles. The van der Waals surface area contributed by atoms with E-state index in [4.69, 9.17) is 9.47 Å². The summed E-state index contributed by atoms with van der Waals surface area (Å²) in [5.41, 5.74) is -0.307. The Kier molecular flexibility index (Phi) is 5.93. The van der Waals surface area contributed by atoms with Crippen LogP contribution in [-0.4, -0.2) is 62.8 Å². The quantitative estimate of drug-likeness (QED) is 0.516.